The van der Waals surface area contributed by atoms with Crippen molar-refractivity contribution in [2.45, 2.75) is 0 Å². The summed E-state index contributed by atoms with van der Waals surface area (Å²) in [6.07, 6.45) is 0. The summed E-state index contributed by atoms with van der Waals surface area (Å²) in [4.78, 5) is 0. The average molecular weight is 659 g/mol. The van der Waals surface area contributed by atoms with Crippen LogP contribution in [0.5, 0.6) is 0 Å². The minimum absolute atomic E-state index is 0.0294. The van der Waals surface area contributed by atoms with Crippen LogP contribution < -0.4 is 0 Å². The molecular weight excluding hydrogens is 617 g/mol. The molecule has 1 nitrogen and oxygen atoms in total. The summed E-state index contributed by atoms with van der Waals surface area (Å²) >= 11 is 0. The molecule has 0 aliphatic rings. The van der Waals surface area contributed by atoms with Crippen LogP contribution in [-0.2, 0) is 0 Å². The van der Waals surface area contributed by atoms with E-state index in [1.165, 1.54) is 0 Å². The SMILES string of the molecule is [2H]c1c([2H])c(-c2c3ccccc3c(-c3c([2H])c([2H])c([2H])c4oc5c([2H])c(-c6ccccc6)c([2H])c([2H])c5c34)c3ccccc23)c([2H])c([2H])c1-c1ccc(-c2ccccc2)cc1. The largest absolute Gasteiger partial charge is 0.456 e. The Balaban J connectivity index is 1.27. The van der Waals surface area contributed by atoms with E-state index in [4.69, 9.17) is 8.53 Å². The van der Waals surface area contributed by atoms with Gasteiger partial charge in [-0.25, -0.2) is 0 Å². The average Bonchev–Trinajstić information content (AvgIpc) is 3.69. The van der Waals surface area contributed by atoms with Crippen LogP contribution >= 0.6 is 0 Å². The summed E-state index contributed by atoms with van der Waals surface area (Å²) < 4.78 is 99.0. The number of fused-ring (bicyclic) bond motifs is 5. The highest BCUT2D eigenvalue weighted by Crippen LogP contribution is 2.47. The van der Waals surface area contributed by atoms with Gasteiger partial charge in [0.05, 0.1) is 13.7 Å². The van der Waals surface area contributed by atoms with Crippen LogP contribution in [0.4, 0.5) is 0 Å². The van der Waals surface area contributed by atoms with E-state index < -0.39 is 6.04 Å². The zero-order valence-corrected chi connectivity index (χ0v) is 27.1. The summed E-state index contributed by atoms with van der Waals surface area (Å²) in [5.74, 6) is 0. The first-order valence-electron chi connectivity index (χ1n) is 21.7. The van der Waals surface area contributed by atoms with Gasteiger partial charge in [0.15, 0.2) is 0 Å². The summed E-state index contributed by atoms with van der Waals surface area (Å²) in [6, 6.07) is 38.1. The molecule has 0 atom stereocenters. The van der Waals surface area contributed by atoms with E-state index in [-0.39, 0.29) is 98.6 Å². The topological polar surface area (TPSA) is 13.1 Å². The Hall–Kier alpha value is -6.70. The van der Waals surface area contributed by atoms with Crippen molar-refractivity contribution in [1.82, 2.24) is 0 Å². The van der Waals surface area contributed by atoms with Gasteiger partial charge in [-0.05, 0) is 95.3 Å². The van der Waals surface area contributed by atoms with Crippen molar-refractivity contribution in [3.8, 4) is 55.6 Å². The third-order valence-corrected chi connectivity index (χ3v) is 9.47. The fourth-order valence-electron chi connectivity index (χ4n) is 7.09. The Morgan fingerprint density at radius 1 is 0.333 bits per heavy atom. The van der Waals surface area contributed by atoms with Crippen molar-refractivity contribution in [3.63, 3.8) is 0 Å². The van der Waals surface area contributed by atoms with Crippen LogP contribution in [0.2, 0.25) is 0 Å². The Labute approximate surface area is 310 Å². The van der Waals surface area contributed by atoms with E-state index in [0.717, 1.165) is 11.1 Å². The summed E-state index contributed by atoms with van der Waals surface area (Å²) in [5.41, 5.74) is 4.54. The maximum absolute atomic E-state index is 9.48. The predicted molar refractivity (Wildman–Crippen MR) is 216 cm³/mol. The fraction of sp³-hybridized carbons (Fsp3) is 0. The second kappa shape index (κ2) is 12.0. The highest BCUT2D eigenvalue weighted by molar-refractivity contribution is 6.25. The third kappa shape index (κ3) is 4.94. The summed E-state index contributed by atoms with van der Waals surface area (Å²) in [6.45, 7) is 0. The first kappa shape index (κ1) is 20.7. The number of hydrogen-bond acceptors (Lipinski definition) is 1. The quantitative estimate of drug-likeness (QED) is 0.168. The minimum Gasteiger partial charge on any atom is -0.456 e. The van der Waals surface area contributed by atoms with Gasteiger partial charge in [0, 0.05) is 10.8 Å². The molecule has 0 spiro atoms. The lowest BCUT2D eigenvalue weighted by molar-refractivity contribution is 0.669. The van der Waals surface area contributed by atoms with E-state index in [1.54, 1.807) is 24.3 Å². The standard InChI is InChI=1S/C50H32O/c1-3-12-33(13-4-1)35-22-24-36(25-23-35)37-26-28-38(29-27-37)48-40-16-7-9-18-42(40)49(43-19-10-8-17-41(43)48)45-20-11-21-46-50(45)44-31-30-39(32-47(44)51-46)34-14-5-2-6-15-34/h1-32H/i11D,20D,21D,26D,27D,28D,29D,30D,31D,32D. The van der Waals surface area contributed by atoms with Gasteiger partial charge in [0.2, 0.25) is 0 Å². The fourth-order valence-corrected chi connectivity index (χ4v) is 7.09. The van der Waals surface area contributed by atoms with Crippen LogP contribution in [0.25, 0.3) is 99.1 Å². The molecule has 1 heterocycles. The molecule has 10 rings (SSSR count). The Morgan fingerprint density at radius 3 is 1.41 bits per heavy atom. The highest BCUT2D eigenvalue weighted by Gasteiger charge is 2.20. The van der Waals surface area contributed by atoms with Crippen molar-refractivity contribution in [2.24, 2.45) is 0 Å². The van der Waals surface area contributed by atoms with Crippen molar-refractivity contribution < 1.29 is 18.1 Å². The smallest absolute Gasteiger partial charge is 0.136 e. The van der Waals surface area contributed by atoms with Gasteiger partial charge < -0.3 is 4.42 Å². The van der Waals surface area contributed by atoms with Gasteiger partial charge in [-0.2, -0.15) is 0 Å². The Morgan fingerprint density at radius 2 is 0.804 bits per heavy atom. The van der Waals surface area contributed by atoms with Crippen molar-refractivity contribution in [1.29, 1.82) is 0 Å². The number of furan rings is 1. The lowest BCUT2D eigenvalue weighted by atomic mass is 9.84. The monoisotopic (exact) mass is 658 g/mol. The lowest BCUT2D eigenvalue weighted by Crippen LogP contribution is -1.91. The summed E-state index contributed by atoms with van der Waals surface area (Å²) in [7, 11) is 0. The molecule has 1 aromatic heterocycles. The molecule has 9 aromatic carbocycles. The number of rotatable bonds is 5. The van der Waals surface area contributed by atoms with Gasteiger partial charge >= 0.3 is 0 Å². The lowest BCUT2D eigenvalue weighted by Gasteiger charge is -2.18. The molecule has 0 saturated heterocycles. The van der Waals surface area contributed by atoms with Crippen LogP contribution in [0.3, 0.4) is 0 Å². The molecule has 51 heavy (non-hydrogen) atoms. The highest BCUT2D eigenvalue weighted by atomic mass is 16.3. The zero-order chi connectivity index (χ0) is 42.4. The molecule has 0 aliphatic heterocycles. The number of benzene rings is 9. The van der Waals surface area contributed by atoms with Crippen LogP contribution in [-0.4, -0.2) is 0 Å². The maximum Gasteiger partial charge on any atom is 0.136 e. The van der Waals surface area contributed by atoms with Gasteiger partial charge in [-0.15, -0.1) is 0 Å². The van der Waals surface area contributed by atoms with Gasteiger partial charge in [0.25, 0.3) is 0 Å². The zero-order valence-electron chi connectivity index (χ0n) is 37.1. The van der Waals surface area contributed by atoms with E-state index in [9.17, 15) is 9.60 Å². The predicted octanol–water partition coefficient (Wildman–Crippen LogP) is 14.2. The molecule has 238 valence electrons. The molecule has 0 bridgehead atoms. The van der Waals surface area contributed by atoms with Gasteiger partial charge in [-0.3, -0.25) is 0 Å². The second-order valence-corrected chi connectivity index (χ2v) is 12.4. The molecule has 0 radical (unpaired) electrons. The Kier molecular flexibility index (Phi) is 4.88. The molecule has 0 aliphatic carbocycles. The molecular formula is C50H32O. The van der Waals surface area contributed by atoms with Crippen LogP contribution in [0.15, 0.2) is 198 Å². The summed E-state index contributed by atoms with van der Waals surface area (Å²) in [5, 5.41) is 2.48. The van der Waals surface area contributed by atoms with E-state index in [0.29, 0.717) is 43.8 Å². The van der Waals surface area contributed by atoms with Gasteiger partial charge in [-0.1, -0.05) is 176 Å². The Bertz CT molecular complexity index is 3370. The van der Waals surface area contributed by atoms with Crippen LogP contribution in [0.1, 0.15) is 13.7 Å². The van der Waals surface area contributed by atoms with Gasteiger partial charge in [0.1, 0.15) is 11.2 Å². The van der Waals surface area contributed by atoms with Crippen molar-refractivity contribution in [3.05, 3.63) is 194 Å². The van der Waals surface area contributed by atoms with E-state index >= 15 is 0 Å². The number of hydrogen-bond donors (Lipinski definition) is 0. The second-order valence-electron chi connectivity index (χ2n) is 12.4. The molecule has 10 aromatic rings. The van der Waals surface area contributed by atoms with E-state index in [2.05, 4.69) is 0 Å². The minimum atomic E-state index is -0.418. The molecule has 0 N–H and O–H groups in total. The molecule has 1 heteroatoms. The van der Waals surface area contributed by atoms with Crippen molar-refractivity contribution >= 4 is 43.5 Å². The first-order chi connectivity index (χ1) is 29.5. The van der Waals surface area contributed by atoms with E-state index in [1.807, 2.05) is 109 Å². The first-order valence-corrected chi connectivity index (χ1v) is 16.7. The third-order valence-electron chi connectivity index (χ3n) is 9.47. The van der Waals surface area contributed by atoms with Crippen molar-refractivity contribution in [2.75, 3.05) is 0 Å². The molecule has 0 fully saturated rings. The van der Waals surface area contributed by atoms with Crippen LogP contribution in [0, 0.1) is 0 Å². The molecule has 0 amide bonds. The maximum atomic E-state index is 9.48. The normalized spacial score (nSPS) is 14.3. The molecule has 0 unspecified atom stereocenters. The molecule has 0 saturated carbocycles.